The Morgan fingerprint density at radius 2 is 2.00 bits per heavy atom. The van der Waals surface area contributed by atoms with Gasteiger partial charge in [-0.15, -0.1) is 0 Å². The van der Waals surface area contributed by atoms with Crippen molar-refractivity contribution in [2.24, 2.45) is 0 Å². The first-order valence-electron chi connectivity index (χ1n) is 5.07. The van der Waals surface area contributed by atoms with Crippen LogP contribution in [0.1, 0.15) is 31.4 Å². The van der Waals surface area contributed by atoms with Crippen molar-refractivity contribution in [3.8, 4) is 0 Å². The molecule has 0 atom stereocenters. The molecule has 0 spiro atoms. The van der Waals surface area contributed by atoms with Crippen molar-refractivity contribution in [2.45, 2.75) is 27.2 Å². The fraction of sp³-hybridized carbons (Fsp3) is 0.286. The first-order valence-corrected chi connectivity index (χ1v) is 5.07. The van der Waals surface area contributed by atoms with Gasteiger partial charge in [0.1, 0.15) is 0 Å². The molecule has 1 aromatic rings. The molecule has 0 aliphatic rings. The highest BCUT2D eigenvalue weighted by Crippen LogP contribution is 2.19. The van der Waals surface area contributed by atoms with Crippen molar-refractivity contribution in [3.05, 3.63) is 53.6 Å². The maximum Gasteiger partial charge on any atom is -0.0161 e. The predicted octanol–water partition coefficient (Wildman–Crippen LogP) is 4.36. The Balaban J connectivity index is 2.96. The van der Waals surface area contributed by atoms with Crippen LogP contribution in [0.5, 0.6) is 0 Å². The van der Waals surface area contributed by atoms with Crippen LogP contribution in [0.4, 0.5) is 0 Å². The van der Waals surface area contributed by atoms with E-state index in [4.69, 9.17) is 0 Å². The average Bonchev–Trinajstić information content (AvgIpc) is 2.18. The van der Waals surface area contributed by atoms with Gasteiger partial charge >= 0.3 is 0 Å². The minimum atomic E-state index is 1.09. The number of allylic oxidation sites excluding steroid dienone is 3. The minimum Gasteiger partial charge on any atom is -0.0912 e. The maximum atomic E-state index is 4.10. The van der Waals surface area contributed by atoms with Gasteiger partial charge in [0.05, 0.1) is 0 Å². The van der Waals surface area contributed by atoms with E-state index in [9.17, 15) is 0 Å². The van der Waals surface area contributed by atoms with Crippen molar-refractivity contribution in [1.82, 2.24) is 0 Å². The summed E-state index contributed by atoms with van der Waals surface area (Å²) in [6, 6.07) is 8.36. The van der Waals surface area contributed by atoms with Crippen molar-refractivity contribution >= 4 is 5.57 Å². The van der Waals surface area contributed by atoms with E-state index in [-0.39, 0.29) is 0 Å². The second-order valence-electron chi connectivity index (χ2n) is 3.68. The zero-order chi connectivity index (χ0) is 10.6. The third kappa shape index (κ3) is 2.59. The Morgan fingerprint density at radius 1 is 1.36 bits per heavy atom. The van der Waals surface area contributed by atoms with E-state index in [1.807, 2.05) is 0 Å². The molecule has 14 heavy (non-hydrogen) atoms. The van der Waals surface area contributed by atoms with Crippen LogP contribution >= 0.6 is 0 Å². The Hall–Kier alpha value is -1.30. The van der Waals surface area contributed by atoms with Crippen molar-refractivity contribution in [2.75, 3.05) is 0 Å². The second-order valence-corrected chi connectivity index (χ2v) is 3.68. The molecule has 0 N–H and O–H groups in total. The smallest absolute Gasteiger partial charge is 0.0161 e. The first-order chi connectivity index (χ1) is 6.65. The molecular weight excluding hydrogens is 168 g/mol. The van der Waals surface area contributed by atoms with E-state index in [2.05, 4.69) is 57.7 Å². The molecule has 0 saturated heterocycles. The average molecular weight is 186 g/mol. The highest BCUT2D eigenvalue weighted by atomic mass is 14.0. The number of rotatable bonds is 3. The number of hydrogen-bond donors (Lipinski definition) is 0. The monoisotopic (exact) mass is 186 g/mol. The fourth-order valence-electron chi connectivity index (χ4n) is 1.41. The molecule has 1 rings (SSSR count). The van der Waals surface area contributed by atoms with E-state index in [1.54, 1.807) is 0 Å². The molecule has 0 aliphatic heterocycles. The van der Waals surface area contributed by atoms with Gasteiger partial charge in [0.2, 0.25) is 0 Å². The third-order valence-corrected chi connectivity index (χ3v) is 2.47. The molecule has 0 heterocycles. The van der Waals surface area contributed by atoms with Crippen molar-refractivity contribution in [3.63, 3.8) is 0 Å². The van der Waals surface area contributed by atoms with Gasteiger partial charge in [0, 0.05) is 0 Å². The van der Waals surface area contributed by atoms with E-state index >= 15 is 0 Å². The summed E-state index contributed by atoms with van der Waals surface area (Å²) >= 11 is 0. The molecule has 74 valence electrons. The van der Waals surface area contributed by atoms with Gasteiger partial charge in [-0.2, -0.15) is 0 Å². The third-order valence-electron chi connectivity index (χ3n) is 2.47. The predicted molar refractivity (Wildman–Crippen MR) is 64.3 cm³/mol. The molecule has 0 unspecified atom stereocenters. The molecule has 0 radical (unpaired) electrons. The second kappa shape index (κ2) is 4.80. The van der Waals surface area contributed by atoms with Crippen LogP contribution in [-0.4, -0.2) is 0 Å². The van der Waals surface area contributed by atoms with E-state index < -0.39 is 0 Å². The quantitative estimate of drug-likeness (QED) is 0.615. The normalized spacial score (nSPS) is 11.5. The van der Waals surface area contributed by atoms with Gasteiger partial charge in [-0.1, -0.05) is 49.4 Å². The molecular formula is C14H18. The highest BCUT2D eigenvalue weighted by molar-refractivity contribution is 5.74. The van der Waals surface area contributed by atoms with Gasteiger partial charge in [0.15, 0.2) is 0 Å². The summed E-state index contributed by atoms with van der Waals surface area (Å²) < 4.78 is 0. The summed E-state index contributed by atoms with van der Waals surface area (Å²) in [4.78, 5) is 0. The lowest BCUT2D eigenvalue weighted by atomic mass is 10.00. The summed E-state index contributed by atoms with van der Waals surface area (Å²) in [5.41, 5.74) is 5.03. The van der Waals surface area contributed by atoms with Crippen LogP contribution in [-0.2, 0) is 0 Å². The van der Waals surface area contributed by atoms with Crippen LogP contribution < -0.4 is 0 Å². The topological polar surface area (TPSA) is 0 Å². The molecule has 0 amide bonds. The molecule has 0 saturated carbocycles. The molecule has 0 aliphatic carbocycles. The molecule has 0 aromatic heterocycles. The molecule has 0 fully saturated rings. The van der Waals surface area contributed by atoms with Crippen LogP contribution in [0.25, 0.3) is 5.57 Å². The summed E-state index contributed by atoms with van der Waals surface area (Å²) in [7, 11) is 0. The Morgan fingerprint density at radius 3 is 2.57 bits per heavy atom. The first kappa shape index (κ1) is 10.8. The van der Waals surface area contributed by atoms with E-state index in [0.29, 0.717) is 0 Å². The maximum absolute atomic E-state index is 4.10. The molecule has 0 bridgehead atoms. The van der Waals surface area contributed by atoms with Gasteiger partial charge in [-0.25, -0.2) is 0 Å². The van der Waals surface area contributed by atoms with Crippen LogP contribution in [0.2, 0.25) is 0 Å². The summed E-state index contributed by atoms with van der Waals surface area (Å²) in [5.74, 6) is 0. The lowest BCUT2D eigenvalue weighted by molar-refractivity contribution is 1.10. The van der Waals surface area contributed by atoms with E-state index in [1.165, 1.54) is 16.7 Å². The van der Waals surface area contributed by atoms with Gasteiger partial charge in [0.25, 0.3) is 0 Å². The SMILES string of the molecule is C=C(/C=C(/C)CC)c1ccccc1C. The van der Waals surface area contributed by atoms with Crippen LogP contribution in [0.3, 0.4) is 0 Å². The van der Waals surface area contributed by atoms with Crippen molar-refractivity contribution < 1.29 is 0 Å². The highest BCUT2D eigenvalue weighted by Gasteiger charge is 1.98. The number of hydrogen-bond acceptors (Lipinski definition) is 0. The zero-order valence-electron chi connectivity index (χ0n) is 9.30. The Labute approximate surface area is 87.0 Å². The van der Waals surface area contributed by atoms with Crippen LogP contribution in [0, 0.1) is 6.92 Å². The van der Waals surface area contributed by atoms with Crippen LogP contribution in [0.15, 0.2) is 42.5 Å². The van der Waals surface area contributed by atoms with Gasteiger partial charge < -0.3 is 0 Å². The zero-order valence-corrected chi connectivity index (χ0v) is 9.30. The Kier molecular flexibility index (Phi) is 3.70. The molecule has 1 aromatic carbocycles. The Bertz CT molecular complexity index is 356. The van der Waals surface area contributed by atoms with Crippen molar-refractivity contribution in [1.29, 1.82) is 0 Å². The molecule has 0 heteroatoms. The lowest BCUT2D eigenvalue weighted by Crippen LogP contribution is -1.85. The van der Waals surface area contributed by atoms with E-state index in [0.717, 1.165) is 12.0 Å². The van der Waals surface area contributed by atoms with Gasteiger partial charge in [-0.3, -0.25) is 0 Å². The number of benzene rings is 1. The van der Waals surface area contributed by atoms with Gasteiger partial charge in [-0.05, 0) is 37.0 Å². The largest absolute Gasteiger partial charge is 0.0912 e. The standard InChI is InChI=1S/C14H18/c1-5-11(2)10-13(4)14-9-7-6-8-12(14)3/h6-10H,4-5H2,1-3H3/b11-10-. The fourth-order valence-corrected chi connectivity index (χ4v) is 1.41. The number of aryl methyl sites for hydroxylation is 1. The summed E-state index contributed by atoms with van der Waals surface area (Å²) in [5, 5.41) is 0. The lowest BCUT2D eigenvalue weighted by Gasteiger charge is -2.05. The molecule has 0 nitrogen and oxygen atoms in total. The summed E-state index contributed by atoms with van der Waals surface area (Å²) in [6.07, 6.45) is 3.26. The minimum absolute atomic E-state index is 1.09. The summed E-state index contributed by atoms with van der Waals surface area (Å²) in [6.45, 7) is 10.5.